The van der Waals surface area contributed by atoms with E-state index in [1.54, 1.807) is 49.9 Å². The van der Waals surface area contributed by atoms with Gasteiger partial charge in [-0.3, -0.25) is 4.72 Å². The molecular weight excluding hydrogens is 368 g/mol. The number of nitrogens with zero attached hydrogens (tertiary/aromatic N) is 3. The molecule has 8 nitrogen and oxygen atoms in total. The summed E-state index contributed by atoms with van der Waals surface area (Å²) >= 11 is 0. The van der Waals surface area contributed by atoms with Crippen LogP contribution in [0.25, 0.3) is 11.5 Å². The largest absolute Gasteiger partial charge is 0.497 e. The zero-order chi connectivity index (χ0) is 19.8. The highest BCUT2D eigenvalue weighted by Gasteiger charge is 2.30. The molecule has 0 saturated heterocycles. The second-order valence-electron chi connectivity index (χ2n) is 6.14. The third kappa shape index (κ3) is 3.42. The van der Waals surface area contributed by atoms with E-state index >= 15 is 0 Å². The average Bonchev–Trinajstić information content (AvgIpc) is 3.21. The van der Waals surface area contributed by atoms with E-state index in [1.807, 2.05) is 13.8 Å². The van der Waals surface area contributed by atoms with Crippen LogP contribution < -0.4 is 9.46 Å². The number of anilines is 1. The highest BCUT2D eigenvalue weighted by molar-refractivity contribution is 7.93. The fourth-order valence-corrected chi connectivity index (χ4v) is 4.44. The SMILES string of the molecule is CCc1noc(-c2c(S(=O)(=O)Nc3ccc(OC)cc3)c(C)n(C)c2C)n1. The number of benzene rings is 1. The van der Waals surface area contributed by atoms with Gasteiger partial charge in [0.2, 0.25) is 0 Å². The molecule has 2 heterocycles. The number of hydrogen-bond acceptors (Lipinski definition) is 6. The van der Waals surface area contributed by atoms with Crippen LogP contribution in [0.1, 0.15) is 24.1 Å². The summed E-state index contributed by atoms with van der Waals surface area (Å²) in [4.78, 5) is 4.45. The van der Waals surface area contributed by atoms with Crippen LogP contribution >= 0.6 is 0 Å². The van der Waals surface area contributed by atoms with Crippen molar-refractivity contribution in [1.29, 1.82) is 0 Å². The molecule has 0 aliphatic heterocycles. The lowest BCUT2D eigenvalue weighted by Gasteiger charge is -2.10. The predicted molar refractivity (Wildman–Crippen MR) is 101 cm³/mol. The van der Waals surface area contributed by atoms with Crippen molar-refractivity contribution in [2.75, 3.05) is 11.8 Å². The Labute approximate surface area is 158 Å². The summed E-state index contributed by atoms with van der Waals surface area (Å²) < 4.78 is 41.2. The van der Waals surface area contributed by atoms with Gasteiger partial charge in [-0.2, -0.15) is 4.98 Å². The third-order valence-electron chi connectivity index (χ3n) is 4.53. The maximum atomic E-state index is 13.2. The molecule has 0 saturated carbocycles. The van der Waals surface area contributed by atoms with Crippen molar-refractivity contribution in [3.8, 4) is 17.2 Å². The summed E-state index contributed by atoms with van der Waals surface area (Å²) in [7, 11) is -0.526. The van der Waals surface area contributed by atoms with Crippen molar-refractivity contribution in [3.63, 3.8) is 0 Å². The number of ether oxygens (including phenoxy) is 1. The Balaban J connectivity index is 2.10. The maximum Gasteiger partial charge on any atom is 0.264 e. The van der Waals surface area contributed by atoms with Crippen molar-refractivity contribution in [2.24, 2.45) is 7.05 Å². The van der Waals surface area contributed by atoms with Crippen molar-refractivity contribution in [1.82, 2.24) is 14.7 Å². The Kier molecular flexibility index (Phi) is 4.97. The van der Waals surface area contributed by atoms with Gasteiger partial charge in [0.05, 0.1) is 12.7 Å². The summed E-state index contributed by atoms with van der Waals surface area (Å²) in [5.41, 5.74) is 2.17. The molecule has 0 atom stereocenters. The second kappa shape index (κ2) is 7.07. The molecule has 0 unspecified atom stereocenters. The first kappa shape index (κ1) is 19.0. The first-order valence-corrected chi connectivity index (χ1v) is 9.92. The zero-order valence-electron chi connectivity index (χ0n) is 15.9. The van der Waals surface area contributed by atoms with Crippen molar-refractivity contribution < 1.29 is 17.7 Å². The minimum absolute atomic E-state index is 0.129. The van der Waals surface area contributed by atoms with Crippen molar-refractivity contribution in [3.05, 3.63) is 41.5 Å². The molecule has 3 aromatic rings. The average molecular weight is 390 g/mol. The molecule has 0 aliphatic rings. The summed E-state index contributed by atoms with van der Waals surface area (Å²) in [6, 6.07) is 6.66. The Morgan fingerprint density at radius 1 is 1.19 bits per heavy atom. The molecule has 144 valence electrons. The first-order chi connectivity index (χ1) is 12.8. The van der Waals surface area contributed by atoms with Gasteiger partial charge in [-0.1, -0.05) is 12.1 Å². The molecule has 0 amide bonds. The van der Waals surface area contributed by atoms with Gasteiger partial charge in [0, 0.05) is 30.5 Å². The molecule has 27 heavy (non-hydrogen) atoms. The number of nitrogens with one attached hydrogen (secondary N) is 1. The summed E-state index contributed by atoms with van der Waals surface area (Å²) in [5, 5.41) is 3.89. The summed E-state index contributed by atoms with van der Waals surface area (Å²) in [6.45, 7) is 5.47. The van der Waals surface area contributed by atoms with Gasteiger partial charge in [0.25, 0.3) is 15.9 Å². The Hall–Kier alpha value is -2.81. The normalized spacial score (nSPS) is 11.6. The minimum atomic E-state index is -3.88. The molecule has 0 spiro atoms. The van der Waals surface area contributed by atoms with Gasteiger partial charge < -0.3 is 13.8 Å². The quantitative estimate of drug-likeness (QED) is 0.694. The summed E-state index contributed by atoms with van der Waals surface area (Å²) in [5.74, 6) is 1.36. The first-order valence-electron chi connectivity index (χ1n) is 8.44. The van der Waals surface area contributed by atoms with Crippen molar-refractivity contribution in [2.45, 2.75) is 32.1 Å². The van der Waals surface area contributed by atoms with Crippen LogP contribution in [0, 0.1) is 13.8 Å². The van der Waals surface area contributed by atoms with E-state index < -0.39 is 10.0 Å². The Morgan fingerprint density at radius 2 is 1.85 bits per heavy atom. The number of rotatable bonds is 6. The zero-order valence-corrected chi connectivity index (χ0v) is 16.7. The van der Waals surface area contributed by atoms with Gasteiger partial charge in [-0.25, -0.2) is 8.42 Å². The van der Waals surface area contributed by atoms with E-state index in [2.05, 4.69) is 14.9 Å². The number of hydrogen-bond donors (Lipinski definition) is 1. The molecule has 0 radical (unpaired) electrons. The molecule has 0 fully saturated rings. The lowest BCUT2D eigenvalue weighted by atomic mass is 10.2. The fraction of sp³-hybridized carbons (Fsp3) is 0.333. The highest BCUT2D eigenvalue weighted by Crippen LogP contribution is 2.35. The Bertz CT molecular complexity index is 1070. The highest BCUT2D eigenvalue weighted by atomic mass is 32.2. The molecule has 2 aromatic heterocycles. The van der Waals surface area contributed by atoms with Crippen LogP contribution in [0.3, 0.4) is 0 Å². The predicted octanol–water partition coefficient (Wildman–Crippen LogP) is 3.06. The van der Waals surface area contributed by atoms with E-state index in [0.717, 1.165) is 5.69 Å². The number of aryl methyl sites for hydroxylation is 1. The molecular formula is C18H22N4O4S. The number of sulfonamides is 1. The molecule has 9 heteroatoms. The second-order valence-corrected chi connectivity index (χ2v) is 7.76. The van der Waals surface area contributed by atoms with E-state index in [-0.39, 0.29) is 10.8 Å². The van der Waals surface area contributed by atoms with Crippen LogP contribution in [-0.4, -0.2) is 30.2 Å². The molecule has 1 aromatic carbocycles. The van der Waals surface area contributed by atoms with Gasteiger partial charge in [-0.05, 0) is 38.1 Å². The van der Waals surface area contributed by atoms with Gasteiger partial charge >= 0.3 is 0 Å². The van der Waals surface area contributed by atoms with Gasteiger partial charge in [0.1, 0.15) is 10.6 Å². The minimum Gasteiger partial charge on any atom is -0.497 e. The van der Waals surface area contributed by atoms with E-state index in [1.165, 1.54) is 0 Å². The maximum absolute atomic E-state index is 13.2. The van der Waals surface area contributed by atoms with Gasteiger partial charge in [-0.15, -0.1) is 0 Å². The van der Waals surface area contributed by atoms with E-state index in [0.29, 0.717) is 34.9 Å². The standard InChI is InChI=1S/C18H22N4O4S/c1-6-15-19-18(26-20-15)16-11(2)22(4)12(3)17(16)27(23,24)21-13-7-9-14(25-5)10-8-13/h7-10,21H,6H2,1-5H3. The summed E-state index contributed by atoms with van der Waals surface area (Å²) in [6.07, 6.45) is 0.598. The number of aromatic nitrogens is 3. The molecule has 0 bridgehead atoms. The Morgan fingerprint density at radius 3 is 2.41 bits per heavy atom. The van der Waals surface area contributed by atoms with E-state index in [4.69, 9.17) is 9.26 Å². The fourth-order valence-electron chi connectivity index (χ4n) is 2.86. The van der Waals surface area contributed by atoms with Crippen LogP contribution in [-0.2, 0) is 23.5 Å². The third-order valence-corrected chi connectivity index (χ3v) is 6.07. The molecule has 1 N–H and O–H groups in total. The van der Waals surface area contributed by atoms with E-state index in [9.17, 15) is 8.42 Å². The topological polar surface area (TPSA) is 99.3 Å². The lowest BCUT2D eigenvalue weighted by molar-refractivity contribution is 0.415. The van der Waals surface area contributed by atoms with Crippen LogP contribution in [0.4, 0.5) is 5.69 Å². The smallest absolute Gasteiger partial charge is 0.264 e. The van der Waals surface area contributed by atoms with Crippen LogP contribution in [0.15, 0.2) is 33.7 Å². The monoisotopic (exact) mass is 390 g/mol. The van der Waals surface area contributed by atoms with Gasteiger partial charge in [0.15, 0.2) is 5.82 Å². The van der Waals surface area contributed by atoms with Crippen LogP contribution in [0.2, 0.25) is 0 Å². The number of methoxy groups -OCH3 is 1. The lowest BCUT2D eigenvalue weighted by Crippen LogP contribution is -2.14. The van der Waals surface area contributed by atoms with Crippen LogP contribution in [0.5, 0.6) is 5.75 Å². The molecule has 0 aliphatic carbocycles. The van der Waals surface area contributed by atoms with Crippen molar-refractivity contribution >= 4 is 15.7 Å². The molecule has 3 rings (SSSR count).